The van der Waals surface area contributed by atoms with Gasteiger partial charge in [0.25, 0.3) is 5.56 Å². The van der Waals surface area contributed by atoms with Gasteiger partial charge in [-0.1, -0.05) is 16.4 Å². The van der Waals surface area contributed by atoms with Crippen LogP contribution in [0.2, 0.25) is 0 Å². The average Bonchev–Trinajstić information content (AvgIpc) is 2.87. The molecule has 2 heterocycles. The molecule has 0 radical (unpaired) electrons. The number of hydrogen-bond acceptors (Lipinski definition) is 6. The summed E-state index contributed by atoms with van der Waals surface area (Å²) in [6, 6.07) is 6.84. The topological polar surface area (TPSA) is 103 Å². The van der Waals surface area contributed by atoms with Crippen LogP contribution in [0.4, 0.5) is 5.82 Å². The van der Waals surface area contributed by atoms with Gasteiger partial charge in [0, 0.05) is 6.07 Å². The van der Waals surface area contributed by atoms with Crippen LogP contribution in [0.15, 0.2) is 33.6 Å². The number of benzene rings is 1. The third-order valence-corrected chi connectivity index (χ3v) is 3.07. The minimum Gasteiger partial charge on any atom is -0.360 e. The summed E-state index contributed by atoms with van der Waals surface area (Å²) in [5.41, 5.74) is 1.13. The predicted octanol–water partition coefficient (Wildman–Crippen LogP) is 1.04. The number of fused-ring (bicyclic) bond motifs is 1. The highest BCUT2D eigenvalue weighted by molar-refractivity contribution is 5.89. The van der Waals surface area contributed by atoms with Gasteiger partial charge < -0.3 is 9.84 Å². The van der Waals surface area contributed by atoms with Crippen LogP contribution in [-0.4, -0.2) is 26.1 Å². The van der Waals surface area contributed by atoms with Gasteiger partial charge in [0.2, 0.25) is 5.91 Å². The normalized spacial score (nSPS) is 10.8. The van der Waals surface area contributed by atoms with Crippen LogP contribution < -0.4 is 10.9 Å². The maximum Gasteiger partial charge on any atom is 0.278 e. The van der Waals surface area contributed by atoms with Crippen molar-refractivity contribution in [2.75, 3.05) is 5.32 Å². The van der Waals surface area contributed by atoms with Gasteiger partial charge in [-0.2, -0.15) is 0 Å². The van der Waals surface area contributed by atoms with E-state index in [0.717, 1.165) is 10.2 Å². The lowest BCUT2D eigenvalue weighted by molar-refractivity contribution is -0.117. The molecule has 1 aromatic carbocycles. The highest BCUT2D eigenvalue weighted by Gasteiger charge is 2.11. The zero-order valence-electron chi connectivity index (χ0n) is 12.0. The maximum absolute atomic E-state index is 12.3. The second kappa shape index (κ2) is 5.40. The molecule has 8 nitrogen and oxygen atoms in total. The lowest BCUT2D eigenvalue weighted by Gasteiger charge is -2.05. The van der Waals surface area contributed by atoms with Gasteiger partial charge in [0.05, 0.1) is 5.39 Å². The van der Waals surface area contributed by atoms with E-state index in [1.165, 1.54) is 0 Å². The van der Waals surface area contributed by atoms with Crippen molar-refractivity contribution < 1.29 is 9.32 Å². The van der Waals surface area contributed by atoms with Crippen LogP contribution >= 0.6 is 0 Å². The van der Waals surface area contributed by atoms with E-state index in [4.69, 9.17) is 4.52 Å². The van der Waals surface area contributed by atoms with Crippen molar-refractivity contribution in [3.8, 4) is 0 Å². The monoisotopic (exact) mass is 299 g/mol. The predicted molar refractivity (Wildman–Crippen MR) is 78.4 cm³/mol. The zero-order valence-corrected chi connectivity index (χ0v) is 12.0. The summed E-state index contributed by atoms with van der Waals surface area (Å²) in [6.07, 6.45) is 0. The summed E-state index contributed by atoms with van der Waals surface area (Å²) in [5.74, 6) is 0.435. The molecule has 0 fully saturated rings. The van der Waals surface area contributed by atoms with Crippen LogP contribution in [-0.2, 0) is 11.3 Å². The number of carbonyl (C=O) groups excluding carboxylic acids is 1. The number of amides is 1. The standard InChI is InChI=1S/C14H13N5O3/c1-8-3-4-10-11(5-8)16-18-19(14(10)21)7-13(20)15-12-6-9(2)22-17-12/h3-6H,7H2,1-2H3,(H,15,17,20). The molecule has 3 aromatic rings. The Morgan fingerprint density at radius 2 is 2.14 bits per heavy atom. The highest BCUT2D eigenvalue weighted by atomic mass is 16.5. The lowest BCUT2D eigenvalue weighted by atomic mass is 10.2. The molecule has 0 aliphatic rings. The number of hydrogen-bond donors (Lipinski definition) is 1. The Hall–Kier alpha value is -3.03. The number of aromatic nitrogens is 4. The van der Waals surface area contributed by atoms with Crippen LogP contribution in [0.1, 0.15) is 11.3 Å². The Kier molecular flexibility index (Phi) is 3.42. The molecule has 3 rings (SSSR count). The molecule has 0 saturated carbocycles. The first-order valence-electron chi connectivity index (χ1n) is 6.60. The van der Waals surface area contributed by atoms with E-state index in [2.05, 4.69) is 20.8 Å². The smallest absolute Gasteiger partial charge is 0.278 e. The number of anilines is 1. The van der Waals surface area contributed by atoms with E-state index in [0.29, 0.717) is 22.5 Å². The summed E-state index contributed by atoms with van der Waals surface area (Å²) in [6.45, 7) is 3.37. The van der Waals surface area contributed by atoms with Crippen molar-refractivity contribution in [1.29, 1.82) is 0 Å². The Balaban J connectivity index is 1.84. The fraction of sp³-hybridized carbons (Fsp3) is 0.214. The second-order valence-corrected chi connectivity index (χ2v) is 4.94. The SMILES string of the molecule is Cc1ccc2c(=O)n(CC(=O)Nc3cc(C)on3)nnc2c1. The fourth-order valence-corrected chi connectivity index (χ4v) is 2.03. The van der Waals surface area contributed by atoms with Crippen molar-refractivity contribution in [3.05, 3.63) is 45.9 Å². The minimum absolute atomic E-state index is 0.248. The highest BCUT2D eigenvalue weighted by Crippen LogP contribution is 2.09. The molecule has 112 valence electrons. The van der Waals surface area contributed by atoms with E-state index >= 15 is 0 Å². The van der Waals surface area contributed by atoms with E-state index in [9.17, 15) is 9.59 Å². The Bertz CT molecular complexity index is 912. The molecule has 8 heteroatoms. The quantitative estimate of drug-likeness (QED) is 0.775. The molecule has 22 heavy (non-hydrogen) atoms. The van der Waals surface area contributed by atoms with Crippen molar-refractivity contribution >= 4 is 22.6 Å². The van der Waals surface area contributed by atoms with E-state index in [-0.39, 0.29) is 12.1 Å². The van der Waals surface area contributed by atoms with Crippen molar-refractivity contribution in [3.63, 3.8) is 0 Å². The van der Waals surface area contributed by atoms with Crippen LogP contribution in [0.25, 0.3) is 10.9 Å². The van der Waals surface area contributed by atoms with Gasteiger partial charge in [0.15, 0.2) is 5.82 Å². The first kappa shape index (κ1) is 13.9. The third-order valence-electron chi connectivity index (χ3n) is 3.07. The summed E-state index contributed by atoms with van der Waals surface area (Å²) in [4.78, 5) is 24.2. The zero-order chi connectivity index (χ0) is 15.7. The van der Waals surface area contributed by atoms with Gasteiger partial charge in [-0.05, 0) is 31.5 Å². The van der Waals surface area contributed by atoms with Gasteiger partial charge in [0.1, 0.15) is 17.8 Å². The molecular weight excluding hydrogens is 286 g/mol. The lowest BCUT2D eigenvalue weighted by Crippen LogP contribution is -2.30. The summed E-state index contributed by atoms with van der Waals surface area (Å²) in [5, 5.41) is 14.3. The number of aryl methyl sites for hydroxylation is 2. The first-order chi connectivity index (χ1) is 10.5. The molecule has 2 aromatic heterocycles. The Morgan fingerprint density at radius 3 is 2.86 bits per heavy atom. The maximum atomic E-state index is 12.3. The molecule has 0 saturated heterocycles. The molecule has 1 N–H and O–H groups in total. The number of nitrogens with one attached hydrogen (secondary N) is 1. The van der Waals surface area contributed by atoms with Gasteiger partial charge in [-0.25, -0.2) is 4.68 Å². The number of nitrogens with zero attached hydrogens (tertiary/aromatic N) is 4. The van der Waals surface area contributed by atoms with E-state index < -0.39 is 5.91 Å². The Morgan fingerprint density at radius 1 is 1.32 bits per heavy atom. The first-order valence-corrected chi connectivity index (χ1v) is 6.60. The average molecular weight is 299 g/mol. The molecule has 1 amide bonds. The van der Waals surface area contributed by atoms with Crippen LogP contribution in [0.5, 0.6) is 0 Å². The Labute approximate surface area is 124 Å². The van der Waals surface area contributed by atoms with Gasteiger partial charge in [-0.15, -0.1) is 5.10 Å². The van der Waals surface area contributed by atoms with E-state index in [1.807, 2.05) is 13.0 Å². The molecular formula is C14H13N5O3. The van der Waals surface area contributed by atoms with E-state index in [1.54, 1.807) is 25.1 Å². The molecule has 0 aliphatic heterocycles. The van der Waals surface area contributed by atoms with Crippen LogP contribution in [0, 0.1) is 13.8 Å². The van der Waals surface area contributed by atoms with Gasteiger partial charge >= 0.3 is 0 Å². The summed E-state index contributed by atoms with van der Waals surface area (Å²) < 4.78 is 5.86. The molecule has 0 spiro atoms. The van der Waals surface area contributed by atoms with Crippen molar-refractivity contribution in [1.82, 2.24) is 20.2 Å². The van der Waals surface area contributed by atoms with Gasteiger partial charge in [-0.3, -0.25) is 9.59 Å². The third kappa shape index (κ3) is 2.71. The molecule has 0 atom stereocenters. The number of rotatable bonds is 3. The minimum atomic E-state index is -0.434. The number of carbonyl (C=O) groups is 1. The summed E-state index contributed by atoms with van der Waals surface area (Å²) in [7, 11) is 0. The molecule has 0 aliphatic carbocycles. The second-order valence-electron chi connectivity index (χ2n) is 4.94. The van der Waals surface area contributed by atoms with Crippen molar-refractivity contribution in [2.24, 2.45) is 0 Å². The fourth-order valence-electron chi connectivity index (χ4n) is 2.03. The largest absolute Gasteiger partial charge is 0.360 e. The molecule has 0 bridgehead atoms. The van der Waals surface area contributed by atoms with Crippen molar-refractivity contribution in [2.45, 2.75) is 20.4 Å². The van der Waals surface area contributed by atoms with Crippen LogP contribution in [0.3, 0.4) is 0 Å². The molecule has 0 unspecified atom stereocenters. The summed E-state index contributed by atoms with van der Waals surface area (Å²) >= 11 is 0.